The number of rotatable bonds is 5. The van der Waals surface area contributed by atoms with E-state index in [1.165, 1.54) is 23.5 Å². The molecule has 0 bridgehead atoms. The molecule has 0 aromatic heterocycles. The van der Waals surface area contributed by atoms with Crippen LogP contribution in [0.4, 0.5) is 11.4 Å². The number of nitrogens with one attached hydrogen (secondary N) is 1. The Balaban J connectivity index is 1.68. The lowest BCUT2D eigenvalue weighted by atomic mass is 10.1. The Morgan fingerprint density at radius 2 is 1.66 bits per heavy atom. The zero-order chi connectivity index (χ0) is 22.9. The van der Waals surface area contributed by atoms with Gasteiger partial charge in [-0.15, -0.1) is 0 Å². The second kappa shape index (κ2) is 8.55. The highest BCUT2D eigenvalue weighted by atomic mass is 32.2. The van der Waals surface area contributed by atoms with Gasteiger partial charge in [-0.3, -0.25) is 9.10 Å². The van der Waals surface area contributed by atoms with Crippen molar-refractivity contribution in [2.24, 2.45) is 0 Å². The molecule has 0 saturated carbocycles. The Morgan fingerprint density at radius 1 is 1.00 bits per heavy atom. The maximum Gasteiger partial charge on any atom is 0.267 e. The van der Waals surface area contributed by atoms with Crippen LogP contribution >= 0.6 is 0 Å². The van der Waals surface area contributed by atoms with E-state index in [0.717, 1.165) is 11.1 Å². The number of nitrogens with zero attached hydrogens (tertiary/aromatic N) is 1. The molecule has 1 atom stereocenters. The van der Waals surface area contributed by atoms with Gasteiger partial charge in [-0.2, -0.15) is 0 Å². The number of sulfonamides is 1. The summed E-state index contributed by atoms with van der Waals surface area (Å²) in [5.41, 5.74) is 2.97. The van der Waals surface area contributed by atoms with E-state index in [9.17, 15) is 13.2 Å². The van der Waals surface area contributed by atoms with Gasteiger partial charge in [0.05, 0.1) is 24.2 Å². The second-order valence-corrected chi connectivity index (χ2v) is 9.51. The average Bonchev–Trinajstić information content (AvgIpc) is 2.79. The number of ether oxygens (including phenoxy) is 2. The molecule has 1 aliphatic rings. The summed E-state index contributed by atoms with van der Waals surface area (Å²) in [4.78, 5) is 13.1. The van der Waals surface area contributed by atoms with E-state index in [1.807, 2.05) is 32.0 Å². The summed E-state index contributed by atoms with van der Waals surface area (Å²) in [6, 6.07) is 18.7. The van der Waals surface area contributed by atoms with Crippen LogP contribution in [0.2, 0.25) is 0 Å². The summed E-state index contributed by atoms with van der Waals surface area (Å²) in [6.07, 6.45) is -1.02. The quantitative estimate of drug-likeness (QED) is 0.635. The van der Waals surface area contributed by atoms with Gasteiger partial charge < -0.3 is 14.8 Å². The third-order valence-corrected chi connectivity index (χ3v) is 7.04. The summed E-state index contributed by atoms with van der Waals surface area (Å²) >= 11 is 0. The highest BCUT2D eigenvalue weighted by Crippen LogP contribution is 2.38. The SMILES string of the molecule is COc1ccc(S(=O)(=O)N2CC(C(=O)Nc3ccc(C)cc3)Oc3cc(C)ccc32)cc1. The van der Waals surface area contributed by atoms with Gasteiger partial charge in [-0.1, -0.05) is 23.8 Å². The van der Waals surface area contributed by atoms with Gasteiger partial charge in [0.15, 0.2) is 6.10 Å². The van der Waals surface area contributed by atoms with Gasteiger partial charge in [0.2, 0.25) is 0 Å². The number of aryl methyl sites for hydroxylation is 2. The van der Waals surface area contributed by atoms with Gasteiger partial charge >= 0.3 is 0 Å². The van der Waals surface area contributed by atoms with Crippen LogP contribution < -0.4 is 19.1 Å². The molecule has 1 N–H and O–H groups in total. The molecule has 0 spiro atoms. The molecule has 1 unspecified atom stereocenters. The fourth-order valence-corrected chi connectivity index (χ4v) is 4.94. The van der Waals surface area contributed by atoms with Crippen molar-refractivity contribution in [2.45, 2.75) is 24.8 Å². The number of amides is 1. The summed E-state index contributed by atoms with van der Waals surface area (Å²) in [6.45, 7) is 3.68. The van der Waals surface area contributed by atoms with Crippen LogP contribution in [0.5, 0.6) is 11.5 Å². The maximum atomic E-state index is 13.5. The highest BCUT2D eigenvalue weighted by molar-refractivity contribution is 7.92. The first-order valence-electron chi connectivity index (χ1n) is 10.1. The number of carbonyl (C=O) groups excluding carboxylic acids is 1. The predicted octanol–water partition coefficient (Wildman–Crippen LogP) is 3.91. The Bertz CT molecular complexity index is 1240. The predicted molar refractivity (Wildman–Crippen MR) is 123 cm³/mol. The van der Waals surface area contributed by atoms with Crippen LogP contribution in [0.1, 0.15) is 11.1 Å². The van der Waals surface area contributed by atoms with Gasteiger partial charge in [0.1, 0.15) is 11.5 Å². The van der Waals surface area contributed by atoms with E-state index >= 15 is 0 Å². The first-order chi connectivity index (χ1) is 15.3. The molecule has 0 radical (unpaired) electrons. The first-order valence-corrected chi connectivity index (χ1v) is 11.5. The van der Waals surface area contributed by atoms with Crippen LogP contribution in [0.15, 0.2) is 71.6 Å². The average molecular weight is 453 g/mol. The molecule has 0 saturated heterocycles. The molecular weight excluding hydrogens is 428 g/mol. The molecule has 32 heavy (non-hydrogen) atoms. The largest absolute Gasteiger partial charge is 0.497 e. The molecule has 3 aromatic rings. The lowest BCUT2D eigenvalue weighted by molar-refractivity contribution is -0.122. The molecule has 0 aliphatic carbocycles. The fourth-order valence-electron chi connectivity index (χ4n) is 3.46. The molecule has 3 aromatic carbocycles. The fraction of sp³-hybridized carbons (Fsp3) is 0.208. The van der Waals surface area contributed by atoms with Crippen LogP contribution in [-0.4, -0.2) is 34.1 Å². The van der Waals surface area contributed by atoms with E-state index in [1.54, 1.807) is 36.4 Å². The zero-order valence-corrected chi connectivity index (χ0v) is 18.8. The van der Waals surface area contributed by atoms with Gasteiger partial charge in [-0.25, -0.2) is 8.42 Å². The van der Waals surface area contributed by atoms with Crippen LogP contribution in [0, 0.1) is 13.8 Å². The first kappa shape index (κ1) is 21.7. The Kier molecular flexibility index (Phi) is 5.80. The molecular formula is C24H24N2O5S. The van der Waals surface area contributed by atoms with Crippen molar-refractivity contribution in [2.75, 3.05) is 23.3 Å². The van der Waals surface area contributed by atoms with Gasteiger partial charge in [-0.05, 0) is 67.9 Å². The normalized spacial score (nSPS) is 15.5. The molecule has 8 heteroatoms. The number of carbonyl (C=O) groups is 1. The van der Waals surface area contributed by atoms with E-state index in [2.05, 4.69) is 5.32 Å². The third-order valence-electron chi connectivity index (χ3n) is 5.24. The minimum atomic E-state index is -3.94. The number of fused-ring (bicyclic) bond motifs is 1. The number of benzene rings is 3. The Morgan fingerprint density at radius 3 is 2.31 bits per heavy atom. The summed E-state index contributed by atoms with van der Waals surface area (Å²) in [5.74, 6) is 0.477. The van der Waals surface area contributed by atoms with Crippen LogP contribution in [-0.2, 0) is 14.8 Å². The molecule has 0 fully saturated rings. The molecule has 1 amide bonds. The standard InChI is InChI=1S/C24H24N2O5S/c1-16-4-7-18(8-5-16)25-24(27)23-15-26(21-13-6-17(2)14-22(21)31-23)32(28,29)20-11-9-19(30-3)10-12-20/h4-14,23H,15H2,1-3H3,(H,25,27). The van der Waals surface area contributed by atoms with Crippen molar-refractivity contribution in [3.8, 4) is 11.5 Å². The van der Waals surface area contributed by atoms with Gasteiger partial charge in [0.25, 0.3) is 15.9 Å². The summed E-state index contributed by atoms with van der Waals surface area (Å²) in [5, 5.41) is 2.81. The topological polar surface area (TPSA) is 84.9 Å². The van der Waals surface area contributed by atoms with Gasteiger partial charge in [0, 0.05) is 5.69 Å². The maximum absolute atomic E-state index is 13.5. The minimum Gasteiger partial charge on any atom is -0.497 e. The van der Waals surface area contributed by atoms with Crippen molar-refractivity contribution < 1.29 is 22.7 Å². The van der Waals surface area contributed by atoms with Crippen molar-refractivity contribution in [1.29, 1.82) is 0 Å². The Hall–Kier alpha value is -3.52. The van der Waals surface area contributed by atoms with Crippen molar-refractivity contribution in [3.63, 3.8) is 0 Å². The summed E-state index contributed by atoms with van der Waals surface area (Å²) < 4.78 is 39.3. The molecule has 1 aliphatic heterocycles. The molecule has 166 valence electrons. The lowest BCUT2D eigenvalue weighted by Gasteiger charge is -2.35. The molecule has 7 nitrogen and oxygen atoms in total. The van der Waals surface area contributed by atoms with Crippen molar-refractivity contribution in [1.82, 2.24) is 0 Å². The molecule has 4 rings (SSSR count). The van der Waals surface area contributed by atoms with Crippen molar-refractivity contribution in [3.05, 3.63) is 77.9 Å². The van der Waals surface area contributed by atoms with E-state index in [0.29, 0.717) is 22.9 Å². The van der Waals surface area contributed by atoms with E-state index in [4.69, 9.17) is 9.47 Å². The third kappa shape index (κ3) is 4.27. The lowest BCUT2D eigenvalue weighted by Crippen LogP contribution is -2.48. The highest BCUT2D eigenvalue weighted by Gasteiger charge is 2.37. The number of hydrogen-bond acceptors (Lipinski definition) is 5. The Labute approximate surface area is 187 Å². The summed E-state index contributed by atoms with van der Waals surface area (Å²) in [7, 11) is -2.43. The van der Waals surface area contributed by atoms with E-state index in [-0.39, 0.29) is 11.4 Å². The van der Waals surface area contributed by atoms with E-state index < -0.39 is 22.0 Å². The number of methoxy groups -OCH3 is 1. The zero-order valence-electron chi connectivity index (χ0n) is 18.0. The number of hydrogen-bond donors (Lipinski definition) is 1. The van der Waals surface area contributed by atoms with Crippen LogP contribution in [0.3, 0.4) is 0 Å². The molecule has 1 heterocycles. The minimum absolute atomic E-state index is 0.101. The second-order valence-electron chi connectivity index (χ2n) is 7.64. The van der Waals surface area contributed by atoms with Crippen molar-refractivity contribution >= 4 is 27.3 Å². The number of anilines is 2. The monoisotopic (exact) mass is 452 g/mol. The van der Waals surface area contributed by atoms with Crippen LogP contribution in [0.25, 0.3) is 0 Å². The smallest absolute Gasteiger partial charge is 0.267 e.